The van der Waals surface area contributed by atoms with Crippen molar-refractivity contribution in [1.29, 1.82) is 0 Å². The molecule has 0 rings (SSSR count). The Kier molecular flexibility index (Phi) is 4.71. The average molecular weight is 189 g/mol. The fourth-order valence-electron chi connectivity index (χ4n) is 0.874. The van der Waals surface area contributed by atoms with Crippen molar-refractivity contribution in [3.05, 3.63) is 59.9 Å². The minimum absolute atomic E-state index is 0.545. The van der Waals surface area contributed by atoms with E-state index in [0.29, 0.717) is 5.70 Å². The van der Waals surface area contributed by atoms with Crippen LogP contribution in [-0.2, 0) is 0 Å². The zero-order valence-electron chi connectivity index (χ0n) is 9.35. The van der Waals surface area contributed by atoms with Crippen LogP contribution in [-0.4, -0.2) is 0 Å². The van der Waals surface area contributed by atoms with Gasteiger partial charge in [0.2, 0.25) is 0 Å². The summed E-state index contributed by atoms with van der Waals surface area (Å²) < 4.78 is 0. The first-order valence-electron chi connectivity index (χ1n) is 4.51. The van der Waals surface area contributed by atoms with Crippen LogP contribution in [0.15, 0.2) is 59.9 Å². The van der Waals surface area contributed by atoms with Crippen molar-refractivity contribution in [2.24, 2.45) is 5.73 Å². The highest BCUT2D eigenvalue weighted by Crippen LogP contribution is 2.14. The number of rotatable bonds is 4. The van der Waals surface area contributed by atoms with Crippen molar-refractivity contribution < 1.29 is 0 Å². The van der Waals surface area contributed by atoms with E-state index in [2.05, 4.69) is 19.7 Å². The Balaban J connectivity index is 4.96. The predicted octanol–water partition coefficient (Wildman–Crippen LogP) is 3.48. The van der Waals surface area contributed by atoms with Crippen LogP contribution < -0.4 is 5.73 Å². The Morgan fingerprint density at radius 3 is 1.71 bits per heavy atom. The largest absolute Gasteiger partial charge is 0.399 e. The van der Waals surface area contributed by atoms with E-state index in [1.54, 1.807) is 0 Å². The van der Waals surface area contributed by atoms with Gasteiger partial charge >= 0.3 is 0 Å². The minimum Gasteiger partial charge on any atom is -0.399 e. The first-order chi connectivity index (χ1) is 6.36. The van der Waals surface area contributed by atoms with Crippen molar-refractivity contribution in [3.63, 3.8) is 0 Å². The summed E-state index contributed by atoms with van der Waals surface area (Å²) in [7, 11) is 0. The third-order valence-corrected chi connectivity index (χ3v) is 1.98. The van der Waals surface area contributed by atoms with Gasteiger partial charge in [-0.1, -0.05) is 37.5 Å². The molecule has 0 saturated heterocycles. The van der Waals surface area contributed by atoms with Crippen molar-refractivity contribution >= 4 is 0 Å². The molecule has 0 aromatic heterocycles. The second-order valence-corrected chi connectivity index (χ2v) is 3.52. The Bertz CT molecular complexity index is 311. The van der Waals surface area contributed by atoms with Gasteiger partial charge in [-0.15, -0.1) is 0 Å². The topological polar surface area (TPSA) is 26.0 Å². The van der Waals surface area contributed by atoms with Crippen LogP contribution in [0.3, 0.4) is 0 Å². The van der Waals surface area contributed by atoms with Crippen LogP contribution in [0, 0.1) is 0 Å². The van der Waals surface area contributed by atoms with Gasteiger partial charge in [0.05, 0.1) is 0 Å². The molecule has 0 aromatic carbocycles. The van der Waals surface area contributed by atoms with E-state index in [1.807, 2.05) is 32.9 Å². The van der Waals surface area contributed by atoms with E-state index in [9.17, 15) is 0 Å². The van der Waals surface area contributed by atoms with Crippen LogP contribution in [0.2, 0.25) is 0 Å². The van der Waals surface area contributed by atoms with Crippen molar-refractivity contribution in [2.75, 3.05) is 0 Å². The molecule has 0 radical (unpaired) electrons. The van der Waals surface area contributed by atoms with Crippen molar-refractivity contribution in [3.8, 4) is 0 Å². The van der Waals surface area contributed by atoms with E-state index < -0.39 is 0 Å². The van der Waals surface area contributed by atoms with Gasteiger partial charge < -0.3 is 5.73 Å². The average Bonchev–Trinajstić information content (AvgIpc) is 2.02. The highest BCUT2D eigenvalue weighted by atomic mass is 14.6. The molecule has 0 atom stereocenters. The Hall–Kier alpha value is -1.50. The SMILES string of the molecule is C=C(C)/C(=C/C=C(\C)C(=C)C)C(=C)N. The molecule has 0 fully saturated rings. The molecule has 2 N–H and O–H groups in total. The molecule has 0 saturated carbocycles. The molecule has 0 unspecified atom stereocenters. The molecule has 14 heavy (non-hydrogen) atoms. The second-order valence-electron chi connectivity index (χ2n) is 3.52. The molecule has 0 bridgehead atoms. The molecule has 0 spiro atoms. The highest BCUT2D eigenvalue weighted by molar-refractivity contribution is 5.44. The maximum atomic E-state index is 5.62. The van der Waals surface area contributed by atoms with Gasteiger partial charge in [0.25, 0.3) is 0 Å². The summed E-state index contributed by atoms with van der Waals surface area (Å²) in [4.78, 5) is 0. The van der Waals surface area contributed by atoms with Crippen molar-refractivity contribution in [1.82, 2.24) is 0 Å². The zero-order valence-corrected chi connectivity index (χ0v) is 9.35. The minimum atomic E-state index is 0.545. The van der Waals surface area contributed by atoms with Crippen LogP contribution in [0.25, 0.3) is 0 Å². The summed E-state index contributed by atoms with van der Waals surface area (Å²) in [6.45, 7) is 17.3. The van der Waals surface area contributed by atoms with E-state index in [0.717, 1.165) is 22.3 Å². The lowest BCUT2D eigenvalue weighted by Crippen LogP contribution is -1.99. The molecule has 1 heteroatoms. The van der Waals surface area contributed by atoms with Gasteiger partial charge in [0.1, 0.15) is 0 Å². The molecule has 0 heterocycles. The van der Waals surface area contributed by atoms with Crippen LogP contribution in [0.4, 0.5) is 0 Å². The third kappa shape index (κ3) is 3.94. The van der Waals surface area contributed by atoms with Crippen LogP contribution in [0.5, 0.6) is 0 Å². The summed E-state index contributed by atoms with van der Waals surface area (Å²) in [5, 5.41) is 0. The number of nitrogens with two attached hydrogens (primary N) is 1. The van der Waals surface area contributed by atoms with Crippen LogP contribution >= 0.6 is 0 Å². The molecule has 0 aliphatic rings. The van der Waals surface area contributed by atoms with E-state index in [1.165, 1.54) is 0 Å². The monoisotopic (exact) mass is 189 g/mol. The summed E-state index contributed by atoms with van der Waals surface area (Å²) in [5.74, 6) is 0. The lowest BCUT2D eigenvalue weighted by molar-refractivity contribution is 1.29. The van der Waals surface area contributed by atoms with Gasteiger partial charge in [-0.25, -0.2) is 0 Å². The third-order valence-electron chi connectivity index (χ3n) is 1.98. The molecule has 1 nitrogen and oxygen atoms in total. The lowest BCUT2D eigenvalue weighted by Gasteiger charge is -2.04. The molecule has 0 amide bonds. The molecular weight excluding hydrogens is 170 g/mol. The first-order valence-corrected chi connectivity index (χ1v) is 4.51. The van der Waals surface area contributed by atoms with Crippen LogP contribution in [0.1, 0.15) is 20.8 Å². The summed E-state index contributed by atoms with van der Waals surface area (Å²) in [6.07, 6.45) is 3.90. The lowest BCUT2D eigenvalue weighted by atomic mass is 10.0. The number of hydrogen-bond donors (Lipinski definition) is 1. The van der Waals surface area contributed by atoms with E-state index >= 15 is 0 Å². The summed E-state index contributed by atoms with van der Waals surface area (Å²) in [5.41, 5.74) is 10.2. The first kappa shape index (κ1) is 12.5. The molecular formula is C13H19N. The number of hydrogen-bond acceptors (Lipinski definition) is 1. The quantitative estimate of drug-likeness (QED) is 0.673. The smallest absolute Gasteiger partial charge is 0.0317 e. The van der Waals surface area contributed by atoms with E-state index in [4.69, 9.17) is 5.73 Å². The Morgan fingerprint density at radius 2 is 1.43 bits per heavy atom. The molecule has 0 aliphatic carbocycles. The van der Waals surface area contributed by atoms with Crippen molar-refractivity contribution in [2.45, 2.75) is 20.8 Å². The van der Waals surface area contributed by atoms with Gasteiger partial charge in [0, 0.05) is 5.70 Å². The second kappa shape index (κ2) is 5.28. The standard InChI is InChI=1S/C13H19N/c1-9(2)11(5)7-8-13(10(3)4)12(6)14/h7-8H,1,3,6,14H2,2,4-5H3/b11-7+,13-8-. The van der Waals surface area contributed by atoms with Gasteiger partial charge in [0.15, 0.2) is 0 Å². The molecule has 0 aromatic rings. The Labute approximate surface area is 87.0 Å². The molecule has 0 aliphatic heterocycles. The summed E-state index contributed by atoms with van der Waals surface area (Å²) >= 11 is 0. The van der Waals surface area contributed by atoms with Gasteiger partial charge in [-0.2, -0.15) is 0 Å². The highest BCUT2D eigenvalue weighted by Gasteiger charge is 1.97. The van der Waals surface area contributed by atoms with Gasteiger partial charge in [-0.3, -0.25) is 0 Å². The number of allylic oxidation sites excluding steroid dienone is 5. The maximum Gasteiger partial charge on any atom is 0.0317 e. The molecule has 76 valence electrons. The predicted molar refractivity (Wildman–Crippen MR) is 64.8 cm³/mol. The Morgan fingerprint density at radius 1 is 0.929 bits per heavy atom. The van der Waals surface area contributed by atoms with Gasteiger partial charge in [-0.05, 0) is 37.5 Å². The summed E-state index contributed by atoms with van der Waals surface area (Å²) in [6, 6.07) is 0. The maximum absolute atomic E-state index is 5.62. The fourth-order valence-corrected chi connectivity index (χ4v) is 0.874. The normalized spacial score (nSPS) is 12.5. The van der Waals surface area contributed by atoms with E-state index in [-0.39, 0.29) is 0 Å². The zero-order chi connectivity index (χ0) is 11.3. The fraction of sp³-hybridized carbons (Fsp3) is 0.231.